The standard InChI is InChI=1S/C12H14FN/c1-3-5-9-8(2)14-12-10(9)6-4-7-11(12)13/h4,6-7,14H,3,5H2,1-2H3. The third-order valence-corrected chi connectivity index (χ3v) is 2.60. The highest BCUT2D eigenvalue weighted by Crippen LogP contribution is 2.24. The highest BCUT2D eigenvalue weighted by atomic mass is 19.1. The molecule has 1 heterocycles. The molecule has 0 aliphatic carbocycles. The number of aromatic nitrogens is 1. The molecular weight excluding hydrogens is 177 g/mol. The molecule has 0 radical (unpaired) electrons. The first kappa shape index (κ1) is 9.25. The Kier molecular flexibility index (Phi) is 2.28. The Morgan fingerprint density at radius 2 is 2.14 bits per heavy atom. The molecule has 0 fully saturated rings. The Hall–Kier alpha value is -1.31. The first-order valence-electron chi connectivity index (χ1n) is 4.99. The zero-order valence-electron chi connectivity index (χ0n) is 8.52. The number of para-hydroxylation sites is 1. The number of benzene rings is 1. The summed E-state index contributed by atoms with van der Waals surface area (Å²) >= 11 is 0. The molecule has 0 aliphatic rings. The van der Waals surface area contributed by atoms with Crippen LogP contribution in [0.5, 0.6) is 0 Å². The van der Waals surface area contributed by atoms with E-state index in [4.69, 9.17) is 0 Å². The third kappa shape index (κ3) is 1.31. The number of aryl methyl sites for hydroxylation is 2. The number of rotatable bonds is 2. The largest absolute Gasteiger partial charge is 0.356 e. The monoisotopic (exact) mass is 191 g/mol. The van der Waals surface area contributed by atoms with Gasteiger partial charge in [-0.05, 0) is 25.0 Å². The summed E-state index contributed by atoms with van der Waals surface area (Å²) in [6.45, 7) is 4.14. The molecule has 1 N–H and O–H groups in total. The quantitative estimate of drug-likeness (QED) is 0.747. The van der Waals surface area contributed by atoms with Crippen LogP contribution in [-0.4, -0.2) is 4.98 Å². The first-order valence-corrected chi connectivity index (χ1v) is 4.99. The molecule has 2 aromatic rings. The Labute approximate surface area is 82.9 Å². The zero-order valence-corrected chi connectivity index (χ0v) is 8.52. The Bertz CT molecular complexity index is 457. The molecular formula is C12H14FN. The van der Waals surface area contributed by atoms with E-state index in [2.05, 4.69) is 11.9 Å². The lowest BCUT2D eigenvalue weighted by atomic mass is 10.1. The lowest BCUT2D eigenvalue weighted by Gasteiger charge is -1.97. The van der Waals surface area contributed by atoms with Crippen molar-refractivity contribution in [3.8, 4) is 0 Å². The topological polar surface area (TPSA) is 15.8 Å². The molecule has 0 saturated heterocycles. The zero-order chi connectivity index (χ0) is 10.1. The van der Waals surface area contributed by atoms with E-state index < -0.39 is 0 Å². The first-order chi connectivity index (χ1) is 6.74. The van der Waals surface area contributed by atoms with Crippen LogP contribution in [0.15, 0.2) is 18.2 Å². The minimum Gasteiger partial charge on any atom is -0.356 e. The van der Waals surface area contributed by atoms with Gasteiger partial charge in [0.05, 0.1) is 5.52 Å². The predicted octanol–water partition coefficient (Wildman–Crippen LogP) is 3.57. The average Bonchev–Trinajstić information content (AvgIpc) is 2.47. The number of hydrogen-bond donors (Lipinski definition) is 1. The van der Waals surface area contributed by atoms with Crippen LogP contribution in [0.4, 0.5) is 4.39 Å². The maximum Gasteiger partial charge on any atom is 0.147 e. The Morgan fingerprint density at radius 3 is 2.86 bits per heavy atom. The van der Waals surface area contributed by atoms with Crippen molar-refractivity contribution in [3.05, 3.63) is 35.3 Å². The van der Waals surface area contributed by atoms with Gasteiger partial charge < -0.3 is 4.98 Å². The smallest absolute Gasteiger partial charge is 0.147 e. The van der Waals surface area contributed by atoms with Crippen LogP contribution in [0.1, 0.15) is 24.6 Å². The van der Waals surface area contributed by atoms with Crippen molar-refractivity contribution >= 4 is 10.9 Å². The second kappa shape index (κ2) is 3.45. The van der Waals surface area contributed by atoms with Crippen LogP contribution in [0.2, 0.25) is 0 Å². The van der Waals surface area contributed by atoms with Crippen molar-refractivity contribution in [1.82, 2.24) is 4.98 Å². The van der Waals surface area contributed by atoms with Crippen LogP contribution in [0.25, 0.3) is 10.9 Å². The van der Waals surface area contributed by atoms with Crippen molar-refractivity contribution in [2.75, 3.05) is 0 Å². The maximum atomic E-state index is 13.4. The van der Waals surface area contributed by atoms with Gasteiger partial charge in [-0.3, -0.25) is 0 Å². The normalized spacial score (nSPS) is 11.1. The van der Waals surface area contributed by atoms with Crippen LogP contribution >= 0.6 is 0 Å². The van der Waals surface area contributed by atoms with Crippen molar-refractivity contribution < 1.29 is 4.39 Å². The molecule has 2 heteroatoms. The second-order valence-electron chi connectivity index (χ2n) is 3.64. The number of nitrogens with one attached hydrogen (secondary N) is 1. The molecule has 0 amide bonds. The number of H-pyrrole nitrogens is 1. The van der Waals surface area contributed by atoms with Crippen molar-refractivity contribution in [3.63, 3.8) is 0 Å². The highest BCUT2D eigenvalue weighted by Gasteiger charge is 2.09. The van der Waals surface area contributed by atoms with E-state index in [-0.39, 0.29) is 5.82 Å². The molecule has 1 aromatic carbocycles. The number of fused-ring (bicyclic) bond motifs is 1. The van der Waals surface area contributed by atoms with Gasteiger partial charge in [0, 0.05) is 11.1 Å². The van der Waals surface area contributed by atoms with Gasteiger partial charge in [-0.25, -0.2) is 4.39 Å². The van der Waals surface area contributed by atoms with E-state index in [1.807, 2.05) is 13.0 Å². The van der Waals surface area contributed by atoms with Gasteiger partial charge in [0.25, 0.3) is 0 Å². The van der Waals surface area contributed by atoms with Gasteiger partial charge in [-0.2, -0.15) is 0 Å². The van der Waals surface area contributed by atoms with Crippen LogP contribution in [0.3, 0.4) is 0 Å². The van der Waals surface area contributed by atoms with Crippen LogP contribution in [0, 0.1) is 12.7 Å². The molecule has 0 saturated carbocycles. The van der Waals surface area contributed by atoms with E-state index >= 15 is 0 Å². The van der Waals surface area contributed by atoms with Gasteiger partial charge in [0.15, 0.2) is 0 Å². The minimum atomic E-state index is -0.159. The van der Waals surface area contributed by atoms with Crippen molar-refractivity contribution in [2.45, 2.75) is 26.7 Å². The summed E-state index contributed by atoms with van der Waals surface area (Å²) in [6, 6.07) is 5.24. The Morgan fingerprint density at radius 1 is 1.36 bits per heavy atom. The third-order valence-electron chi connectivity index (χ3n) is 2.60. The summed E-state index contributed by atoms with van der Waals surface area (Å²) in [4.78, 5) is 3.11. The Balaban J connectivity index is 2.70. The molecule has 0 bridgehead atoms. The molecule has 2 rings (SSSR count). The molecule has 14 heavy (non-hydrogen) atoms. The molecule has 1 nitrogen and oxygen atoms in total. The molecule has 1 aromatic heterocycles. The van der Waals surface area contributed by atoms with E-state index in [0.29, 0.717) is 5.52 Å². The number of aromatic amines is 1. The van der Waals surface area contributed by atoms with E-state index in [1.165, 1.54) is 11.6 Å². The molecule has 0 atom stereocenters. The second-order valence-corrected chi connectivity index (χ2v) is 3.64. The summed E-state index contributed by atoms with van der Waals surface area (Å²) in [5.74, 6) is -0.159. The molecule has 0 unspecified atom stereocenters. The van der Waals surface area contributed by atoms with E-state index in [0.717, 1.165) is 23.9 Å². The molecule has 0 spiro atoms. The van der Waals surface area contributed by atoms with Crippen molar-refractivity contribution in [2.24, 2.45) is 0 Å². The van der Waals surface area contributed by atoms with Crippen LogP contribution in [-0.2, 0) is 6.42 Å². The fraction of sp³-hybridized carbons (Fsp3) is 0.333. The fourth-order valence-corrected chi connectivity index (χ4v) is 1.94. The minimum absolute atomic E-state index is 0.159. The van der Waals surface area contributed by atoms with Crippen molar-refractivity contribution in [1.29, 1.82) is 0 Å². The van der Waals surface area contributed by atoms with Gasteiger partial charge in [0.1, 0.15) is 5.82 Å². The SMILES string of the molecule is CCCc1c(C)[nH]c2c(F)cccc12. The lowest BCUT2D eigenvalue weighted by Crippen LogP contribution is -1.83. The highest BCUT2D eigenvalue weighted by molar-refractivity contribution is 5.85. The van der Waals surface area contributed by atoms with Gasteiger partial charge in [-0.1, -0.05) is 25.5 Å². The fourth-order valence-electron chi connectivity index (χ4n) is 1.94. The molecule has 74 valence electrons. The summed E-state index contributed by atoms with van der Waals surface area (Å²) in [7, 11) is 0. The van der Waals surface area contributed by atoms with Gasteiger partial charge >= 0.3 is 0 Å². The average molecular weight is 191 g/mol. The number of hydrogen-bond acceptors (Lipinski definition) is 0. The molecule has 0 aliphatic heterocycles. The van der Waals surface area contributed by atoms with Gasteiger partial charge in [0.2, 0.25) is 0 Å². The van der Waals surface area contributed by atoms with E-state index in [1.54, 1.807) is 6.07 Å². The van der Waals surface area contributed by atoms with Crippen LogP contribution < -0.4 is 0 Å². The van der Waals surface area contributed by atoms with Gasteiger partial charge in [-0.15, -0.1) is 0 Å². The lowest BCUT2D eigenvalue weighted by molar-refractivity contribution is 0.637. The summed E-state index contributed by atoms with van der Waals surface area (Å²) in [6.07, 6.45) is 2.10. The number of halogens is 1. The van der Waals surface area contributed by atoms with E-state index in [9.17, 15) is 4.39 Å². The predicted molar refractivity (Wildman–Crippen MR) is 57.0 cm³/mol. The summed E-state index contributed by atoms with van der Waals surface area (Å²) in [5.41, 5.74) is 2.99. The summed E-state index contributed by atoms with van der Waals surface area (Å²) < 4.78 is 13.4. The maximum absolute atomic E-state index is 13.4. The summed E-state index contributed by atoms with van der Waals surface area (Å²) in [5, 5.41) is 1.03.